The summed E-state index contributed by atoms with van der Waals surface area (Å²) in [4.78, 5) is 21.1. The van der Waals surface area contributed by atoms with Crippen LogP contribution in [0.25, 0.3) is 28.0 Å². The van der Waals surface area contributed by atoms with Gasteiger partial charge in [0.25, 0.3) is 0 Å². The van der Waals surface area contributed by atoms with E-state index in [0.717, 1.165) is 24.9 Å². The van der Waals surface area contributed by atoms with Crippen molar-refractivity contribution in [3.63, 3.8) is 0 Å². The van der Waals surface area contributed by atoms with Crippen LogP contribution in [0.1, 0.15) is 6.42 Å². The van der Waals surface area contributed by atoms with Crippen molar-refractivity contribution in [3.8, 4) is 17.0 Å². The Morgan fingerprint density at radius 2 is 2.27 bits per heavy atom. The third-order valence-corrected chi connectivity index (χ3v) is 4.54. The molecule has 1 fully saturated rings. The standard InChI is InChI=1S/C19H16N4O3/c24-18-15(16-11-23-7-1-5-21-19(23)22-16)8-12-2-3-13(9-17(12)26-18)25-14-4-6-20-10-14/h1-3,5,7-9,11,14,20H,4,6,10H2. The molecule has 0 saturated carbocycles. The Hall–Kier alpha value is -3.19. The van der Waals surface area contributed by atoms with E-state index in [9.17, 15) is 4.79 Å². The first-order chi connectivity index (χ1) is 12.8. The van der Waals surface area contributed by atoms with Gasteiger partial charge >= 0.3 is 5.63 Å². The smallest absolute Gasteiger partial charge is 0.345 e. The van der Waals surface area contributed by atoms with Crippen molar-refractivity contribution in [2.75, 3.05) is 13.1 Å². The normalized spacial score (nSPS) is 17.2. The molecule has 1 N–H and O–H groups in total. The lowest BCUT2D eigenvalue weighted by Gasteiger charge is -2.12. The summed E-state index contributed by atoms with van der Waals surface area (Å²) in [5.74, 6) is 1.25. The summed E-state index contributed by atoms with van der Waals surface area (Å²) in [5, 5.41) is 4.08. The first kappa shape index (κ1) is 15.1. The van der Waals surface area contributed by atoms with Crippen molar-refractivity contribution < 1.29 is 9.15 Å². The first-order valence-electron chi connectivity index (χ1n) is 8.52. The zero-order chi connectivity index (χ0) is 17.5. The maximum Gasteiger partial charge on any atom is 0.345 e. The number of nitrogens with zero attached hydrogens (tertiary/aromatic N) is 3. The van der Waals surface area contributed by atoms with Gasteiger partial charge in [0.15, 0.2) is 0 Å². The van der Waals surface area contributed by atoms with Crippen LogP contribution < -0.4 is 15.7 Å². The van der Waals surface area contributed by atoms with E-state index >= 15 is 0 Å². The van der Waals surface area contributed by atoms with Crippen molar-refractivity contribution >= 4 is 16.7 Å². The van der Waals surface area contributed by atoms with Crippen molar-refractivity contribution in [2.45, 2.75) is 12.5 Å². The second kappa shape index (κ2) is 5.96. The highest BCUT2D eigenvalue weighted by Gasteiger charge is 2.17. The van der Waals surface area contributed by atoms with E-state index in [1.807, 2.05) is 24.4 Å². The van der Waals surface area contributed by atoms with Crippen LogP contribution in [0.2, 0.25) is 0 Å². The second-order valence-electron chi connectivity index (χ2n) is 6.33. The molecular formula is C19H16N4O3. The predicted octanol–water partition coefficient (Wildman–Crippen LogP) is 2.24. The molecule has 5 rings (SSSR count). The van der Waals surface area contributed by atoms with Gasteiger partial charge < -0.3 is 14.5 Å². The SMILES string of the molecule is O=c1oc2cc(OC3CCNC3)ccc2cc1-c1cn2cccnc2n1. The fourth-order valence-electron chi connectivity index (χ4n) is 3.22. The van der Waals surface area contributed by atoms with E-state index in [2.05, 4.69) is 15.3 Å². The molecule has 1 atom stereocenters. The summed E-state index contributed by atoms with van der Waals surface area (Å²) in [6.07, 6.45) is 6.40. The zero-order valence-corrected chi connectivity index (χ0v) is 13.9. The molecule has 7 nitrogen and oxygen atoms in total. The molecule has 0 amide bonds. The van der Waals surface area contributed by atoms with Gasteiger partial charge in [0.2, 0.25) is 5.78 Å². The Kier molecular flexibility index (Phi) is 3.46. The molecule has 1 aliphatic rings. The Morgan fingerprint density at radius 1 is 1.31 bits per heavy atom. The molecule has 0 spiro atoms. The van der Waals surface area contributed by atoms with Crippen molar-refractivity contribution in [1.29, 1.82) is 0 Å². The quantitative estimate of drug-likeness (QED) is 0.572. The van der Waals surface area contributed by atoms with Gasteiger partial charge in [0.05, 0.1) is 11.3 Å². The molecule has 7 heteroatoms. The average Bonchev–Trinajstić information content (AvgIpc) is 3.30. The van der Waals surface area contributed by atoms with E-state index in [4.69, 9.17) is 9.15 Å². The lowest BCUT2D eigenvalue weighted by molar-refractivity contribution is 0.223. The van der Waals surface area contributed by atoms with E-state index in [0.29, 0.717) is 28.4 Å². The third kappa shape index (κ3) is 2.62. The molecule has 0 bridgehead atoms. The van der Waals surface area contributed by atoms with Crippen LogP contribution in [0.4, 0.5) is 0 Å². The van der Waals surface area contributed by atoms with Gasteiger partial charge in [-0.15, -0.1) is 0 Å². The lowest BCUT2D eigenvalue weighted by Crippen LogP contribution is -2.19. The molecule has 0 aliphatic carbocycles. The summed E-state index contributed by atoms with van der Waals surface area (Å²) in [7, 11) is 0. The first-order valence-corrected chi connectivity index (χ1v) is 8.52. The number of hydrogen-bond acceptors (Lipinski definition) is 6. The molecule has 1 aliphatic heterocycles. The molecule has 130 valence electrons. The third-order valence-electron chi connectivity index (χ3n) is 4.54. The number of imidazole rings is 1. The molecule has 3 aromatic heterocycles. The number of fused-ring (bicyclic) bond motifs is 2. The summed E-state index contributed by atoms with van der Waals surface area (Å²) in [6.45, 7) is 1.80. The van der Waals surface area contributed by atoms with Crippen molar-refractivity contribution in [3.05, 3.63) is 59.3 Å². The summed E-state index contributed by atoms with van der Waals surface area (Å²) >= 11 is 0. The van der Waals surface area contributed by atoms with Gasteiger partial charge in [-0.25, -0.2) is 14.8 Å². The molecule has 1 unspecified atom stereocenters. The largest absolute Gasteiger partial charge is 0.489 e. The highest BCUT2D eigenvalue weighted by Crippen LogP contribution is 2.25. The van der Waals surface area contributed by atoms with E-state index in [1.165, 1.54) is 0 Å². The summed E-state index contributed by atoms with van der Waals surface area (Å²) in [5.41, 5.74) is 1.03. The van der Waals surface area contributed by atoms with Gasteiger partial charge in [-0.3, -0.25) is 4.40 Å². The molecule has 26 heavy (non-hydrogen) atoms. The highest BCUT2D eigenvalue weighted by atomic mass is 16.5. The zero-order valence-electron chi connectivity index (χ0n) is 13.9. The van der Waals surface area contributed by atoms with Crippen LogP contribution in [0.3, 0.4) is 0 Å². The molecule has 1 aromatic carbocycles. The molecule has 4 aromatic rings. The number of hydrogen-bond donors (Lipinski definition) is 1. The van der Waals surface area contributed by atoms with Crippen LogP contribution in [0.15, 0.2) is 58.1 Å². The van der Waals surface area contributed by atoms with Crippen LogP contribution in [-0.2, 0) is 0 Å². The Balaban J connectivity index is 1.55. The Morgan fingerprint density at radius 3 is 3.12 bits per heavy atom. The van der Waals surface area contributed by atoms with Crippen molar-refractivity contribution in [2.24, 2.45) is 0 Å². The highest BCUT2D eigenvalue weighted by molar-refractivity contribution is 5.82. The molecular weight excluding hydrogens is 332 g/mol. The fourth-order valence-corrected chi connectivity index (χ4v) is 3.22. The topological polar surface area (TPSA) is 81.7 Å². The molecule has 4 heterocycles. The lowest BCUT2D eigenvalue weighted by atomic mass is 10.1. The summed E-state index contributed by atoms with van der Waals surface area (Å²) < 4.78 is 13.2. The Bertz CT molecular complexity index is 1130. The average molecular weight is 348 g/mol. The minimum absolute atomic E-state index is 0.156. The Labute approximate surface area is 148 Å². The predicted molar refractivity (Wildman–Crippen MR) is 96.4 cm³/mol. The monoisotopic (exact) mass is 348 g/mol. The van der Waals surface area contributed by atoms with E-state index < -0.39 is 5.63 Å². The summed E-state index contributed by atoms with van der Waals surface area (Å²) in [6, 6.07) is 9.17. The molecule has 0 radical (unpaired) electrons. The molecule has 1 saturated heterocycles. The van der Waals surface area contributed by atoms with Gasteiger partial charge in [0.1, 0.15) is 17.4 Å². The maximum absolute atomic E-state index is 12.5. The van der Waals surface area contributed by atoms with Crippen LogP contribution in [0, 0.1) is 0 Å². The van der Waals surface area contributed by atoms with Crippen LogP contribution >= 0.6 is 0 Å². The van der Waals surface area contributed by atoms with Crippen LogP contribution in [0.5, 0.6) is 5.75 Å². The minimum atomic E-state index is -0.430. The van der Waals surface area contributed by atoms with Gasteiger partial charge in [-0.1, -0.05) is 0 Å². The minimum Gasteiger partial charge on any atom is -0.489 e. The van der Waals surface area contributed by atoms with E-state index in [-0.39, 0.29) is 6.10 Å². The van der Waals surface area contributed by atoms with E-state index in [1.54, 1.807) is 28.9 Å². The maximum atomic E-state index is 12.5. The van der Waals surface area contributed by atoms with Gasteiger partial charge in [0, 0.05) is 36.6 Å². The number of aromatic nitrogens is 3. The number of benzene rings is 1. The number of ether oxygens (including phenoxy) is 1. The van der Waals surface area contributed by atoms with Crippen LogP contribution in [-0.4, -0.2) is 33.6 Å². The second-order valence-corrected chi connectivity index (χ2v) is 6.33. The number of nitrogens with one attached hydrogen (secondary N) is 1. The van der Waals surface area contributed by atoms with Gasteiger partial charge in [-0.05, 0) is 37.2 Å². The van der Waals surface area contributed by atoms with Crippen molar-refractivity contribution in [1.82, 2.24) is 19.7 Å². The van der Waals surface area contributed by atoms with Gasteiger partial charge in [-0.2, -0.15) is 0 Å². The number of rotatable bonds is 3. The fraction of sp³-hybridized carbons (Fsp3) is 0.211.